The molecule has 0 saturated heterocycles. The highest BCUT2D eigenvalue weighted by atomic mass is 35.5. The van der Waals surface area contributed by atoms with Gasteiger partial charge in [-0.25, -0.2) is 9.97 Å². The number of halogens is 1. The first-order chi connectivity index (χ1) is 9.63. The van der Waals surface area contributed by atoms with Crippen LogP contribution in [0.25, 0.3) is 0 Å². The summed E-state index contributed by atoms with van der Waals surface area (Å²) in [6, 6.07) is 2.59. The molecule has 2 saturated carbocycles. The molecule has 1 aromatic heterocycles. The van der Waals surface area contributed by atoms with Gasteiger partial charge in [-0.1, -0.05) is 38.3 Å². The minimum atomic E-state index is 0.553. The normalized spacial score (nSPS) is 19.8. The van der Waals surface area contributed by atoms with Crippen molar-refractivity contribution in [2.24, 2.45) is 5.92 Å². The monoisotopic (exact) mass is 293 g/mol. The lowest BCUT2D eigenvalue weighted by atomic mass is 10.1. The molecule has 3 nitrogen and oxygen atoms in total. The van der Waals surface area contributed by atoms with E-state index in [4.69, 9.17) is 16.6 Å². The van der Waals surface area contributed by atoms with Gasteiger partial charge in [-0.2, -0.15) is 0 Å². The average molecular weight is 294 g/mol. The molecule has 0 amide bonds. The van der Waals surface area contributed by atoms with Crippen molar-refractivity contribution < 1.29 is 0 Å². The molecule has 0 bridgehead atoms. The molecule has 4 heteroatoms. The number of anilines is 1. The molecule has 0 N–H and O–H groups in total. The zero-order valence-corrected chi connectivity index (χ0v) is 13.2. The minimum Gasteiger partial charge on any atom is -0.353 e. The molecule has 2 fully saturated rings. The largest absolute Gasteiger partial charge is 0.353 e. The summed E-state index contributed by atoms with van der Waals surface area (Å²) >= 11 is 6.23. The summed E-state index contributed by atoms with van der Waals surface area (Å²) < 4.78 is 0. The standard InChI is InChI=1S/C16H24ClN3/c1-11(2)10-20(13-5-3-4-6-13)15-9-14(17)18-16(19-15)12-7-8-12/h9,11-13H,3-8,10H2,1-2H3. The van der Waals surface area contributed by atoms with Crippen LogP contribution in [0.3, 0.4) is 0 Å². The molecule has 20 heavy (non-hydrogen) atoms. The van der Waals surface area contributed by atoms with E-state index in [0.717, 1.165) is 18.2 Å². The Morgan fingerprint density at radius 2 is 1.90 bits per heavy atom. The topological polar surface area (TPSA) is 29.0 Å². The van der Waals surface area contributed by atoms with Gasteiger partial charge in [-0.15, -0.1) is 0 Å². The van der Waals surface area contributed by atoms with Crippen LogP contribution in [0.1, 0.15) is 64.1 Å². The molecule has 0 unspecified atom stereocenters. The third-order valence-electron chi connectivity index (χ3n) is 4.26. The lowest BCUT2D eigenvalue weighted by Crippen LogP contribution is -2.37. The van der Waals surface area contributed by atoms with E-state index in [-0.39, 0.29) is 0 Å². The Labute approximate surface area is 126 Å². The van der Waals surface area contributed by atoms with Crippen LogP contribution in [0.4, 0.5) is 5.82 Å². The van der Waals surface area contributed by atoms with E-state index in [1.54, 1.807) is 0 Å². The van der Waals surface area contributed by atoms with Crippen molar-refractivity contribution in [3.63, 3.8) is 0 Å². The molecule has 0 aliphatic heterocycles. The predicted octanol–water partition coefficient (Wildman–Crippen LogP) is 4.41. The lowest BCUT2D eigenvalue weighted by molar-refractivity contribution is 0.530. The van der Waals surface area contributed by atoms with Crippen molar-refractivity contribution in [1.29, 1.82) is 0 Å². The van der Waals surface area contributed by atoms with Crippen LogP contribution in [0.2, 0.25) is 5.15 Å². The van der Waals surface area contributed by atoms with E-state index in [0.29, 0.717) is 23.0 Å². The van der Waals surface area contributed by atoms with Crippen molar-refractivity contribution in [1.82, 2.24) is 9.97 Å². The van der Waals surface area contributed by atoms with Crippen LogP contribution in [0.5, 0.6) is 0 Å². The molecular formula is C16H24ClN3. The van der Waals surface area contributed by atoms with Crippen LogP contribution in [0, 0.1) is 5.92 Å². The van der Waals surface area contributed by atoms with Crippen molar-refractivity contribution in [2.45, 2.75) is 64.3 Å². The molecule has 3 rings (SSSR count). The van der Waals surface area contributed by atoms with E-state index in [2.05, 4.69) is 23.7 Å². The Hall–Kier alpha value is -0.830. The van der Waals surface area contributed by atoms with Crippen molar-refractivity contribution in [3.8, 4) is 0 Å². The highest BCUT2D eigenvalue weighted by Crippen LogP contribution is 2.39. The van der Waals surface area contributed by atoms with Crippen LogP contribution in [-0.2, 0) is 0 Å². The number of rotatable bonds is 5. The van der Waals surface area contributed by atoms with Gasteiger partial charge in [0, 0.05) is 24.6 Å². The first kappa shape index (κ1) is 14.1. The second-order valence-corrected chi connectivity index (χ2v) is 7.05. The van der Waals surface area contributed by atoms with Crippen molar-refractivity contribution in [3.05, 3.63) is 17.0 Å². The third kappa shape index (κ3) is 3.25. The number of hydrogen-bond donors (Lipinski definition) is 0. The van der Waals surface area contributed by atoms with Crippen molar-refractivity contribution in [2.75, 3.05) is 11.4 Å². The van der Waals surface area contributed by atoms with E-state index < -0.39 is 0 Å². The van der Waals surface area contributed by atoms with Gasteiger partial charge in [0.1, 0.15) is 16.8 Å². The van der Waals surface area contributed by atoms with E-state index in [9.17, 15) is 0 Å². The Bertz CT molecular complexity index is 465. The third-order valence-corrected chi connectivity index (χ3v) is 4.46. The van der Waals surface area contributed by atoms with E-state index in [1.807, 2.05) is 6.07 Å². The second kappa shape index (κ2) is 5.88. The Morgan fingerprint density at radius 1 is 1.20 bits per heavy atom. The van der Waals surface area contributed by atoms with E-state index in [1.165, 1.54) is 38.5 Å². The second-order valence-electron chi connectivity index (χ2n) is 6.67. The summed E-state index contributed by atoms with van der Waals surface area (Å²) in [7, 11) is 0. The van der Waals surface area contributed by atoms with Gasteiger partial charge < -0.3 is 4.90 Å². The van der Waals surface area contributed by atoms with Gasteiger partial charge in [0.05, 0.1) is 0 Å². The smallest absolute Gasteiger partial charge is 0.135 e. The van der Waals surface area contributed by atoms with Crippen LogP contribution in [0.15, 0.2) is 6.07 Å². The van der Waals surface area contributed by atoms with Crippen molar-refractivity contribution >= 4 is 17.4 Å². The summed E-state index contributed by atoms with van der Waals surface area (Å²) in [5.74, 6) is 3.19. The molecule has 2 aliphatic rings. The fraction of sp³-hybridized carbons (Fsp3) is 0.750. The van der Waals surface area contributed by atoms with Gasteiger partial charge in [0.15, 0.2) is 0 Å². The number of nitrogens with zero attached hydrogens (tertiary/aromatic N) is 3. The Balaban J connectivity index is 1.88. The SMILES string of the molecule is CC(C)CN(c1cc(Cl)nc(C2CC2)n1)C1CCCC1. The minimum absolute atomic E-state index is 0.553. The maximum atomic E-state index is 6.23. The van der Waals surface area contributed by atoms with Gasteiger partial charge in [-0.05, 0) is 31.6 Å². The molecule has 0 atom stereocenters. The van der Waals surface area contributed by atoms with Crippen LogP contribution < -0.4 is 4.90 Å². The summed E-state index contributed by atoms with van der Waals surface area (Å²) in [4.78, 5) is 11.7. The zero-order valence-electron chi connectivity index (χ0n) is 12.5. The zero-order chi connectivity index (χ0) is 14.1. The first-order valence-corrected chi connectivity index (χ1v) is 8.32. The Morgan fingerprint density at radius 3 is 2.50 bits per heavy atom. The summed E-state index contributed by atoms with van der Waals surface area (Å²) in [6.07, 6.45) is 7.68. The summed E-state index contributed by atoms with van der Waals surface area (Å²) in [5, 5.41) is 0.601. The quantitative estimate of drug-likeness (QED) is 0.753. The predicted molar refractivity (Wildman–Crippen MR) is 83.5 cm³/mol. The summed E-state index contributed by atoms with van der Waals surface area (Å²) in [6.45, 7) is 5.60. The lowest BCUT2D eigenvalue weighted by Gasteiger charge is -2.32. The van der Waals surface area contributed by atoms with Gasteiger partial charge in [0.25, 0.3) is 0 Å². The van der Waals surface area contributed by atoms with Gasteiger partial charge in [-0.3, -0.25) is 0 Å². The first-order valence-electron chi connectivity index (χ1n) is 7.94. The maximum Gasteiger partial charge on any atom is 0.135 e. The van der Waals surface area contributed by atoms with Gasteiger partial charge in [0.2, 0.25) is 0 Å². The summed E-state index contributed by atoms with van der Waals surface area (Å²) in [5.41, 5.74) is 0. The molecule has 1 heterocycles. The fourth-order valence-electron chi connectivity index (χ4n) is 3.13. The Kier molecular flexibility index (Phi) is 4.16. The molecule has 2 aliphatic carbocycles. The molecule has 0 spiro atoms. The molecular weight excluding hydrogens is 270 g/mol. The number of aromatic nitrogens is 2. The molecule has 110 valence electrons. The average Bonchev–Trinajstić information content (AvgIpc) is 3.11. The molecule has 0 aromatic carbocycles. The van der Waals surface area contributed by atoms with Gasteiger partial charge >= 0.3 is 0 Å². The molecule has 0 radical (unpaired) electrons. The highest BCUT2D eigenvalue weighted by Gasteiger charge is 2.29. The van der Waals surface area contributed by atoms with Crippen LogP contribution >= 0.6 is 11.6 Å². The number of hydrogen-bond acceptors (Lipinski definition) is 3. The van der Waals surface area contributed by atoms with Crippen LogP contribution in [-0.4, -0.2) is 22.6 Å². The van der Waals surface area contributed by atoms with E-state index >= 15 is 0 Å². The maximum absolute atomic E-state index is 6.23. The highest BCUT2D eigenvalue weighted by molar-refractivity contribution is 6.29. The molecule has 1 aromatic rings. The fourth-order valence-corrected chi connectivity index (χ4v) is 3.32.